The molecule has 0 bridgehead atoms. The van der Waals surface area contributed by atoms with Crippen molar-refractivity contribution >= 4 is 16.5 Å². The van der Waals surface area contributed by atoms with Crippen molar-refractivity contribution in [3.8, 4) is 11.8 Å². The molecular formula is C13H10N2O. The van der Waals surface area contributed by atoms with E-state index in [-0.39, 0.29) is 6.04 Å². The van der Waals surface area contributed by atoms with Crippen molar-refractivity contribution in [2.45, 2.75) is 6.04 Å². The molecule has 1 heterocycles. The van der Waals surface area contributed by atoms with E-state index >= 15 is 0 Å². The summed E-state index contributed by atoms with van der Waals surface area (Å²) in [6, 6.07) is 13.9. The lowest BCUT2D eigenvalue weighted by molar-refractivity contribution is 0.304. The number of hydrogen-bond donors (Lipinski definition) is 1. The first-order valence-electron chi connectivity index (χ1n) is 5.19. The van der Waals surface area contributed by atoms with E-state index in [4.69, 9.17) is 10.00 Å². The number of nitrogens with one attached hydrogen (secondary N) is 1. The summed E-state index contributed by atoms with van der Waals surface area (Å²) < 4.78 is 5.55. The second-order valence-electron chi connectivity index (χ2n) is 3.80. The number of benzene rings is 2. The van der Waals surface area contributed by atoms with E-state index in [0.717, 1.165) is 22.2 Å². The summed E-state index contributed by atoms with van der Waals surface area (Å²) in [5.74, 6) is 0.824. The van der Waals surface area contributed by atoms with E-state index < -0.39 is 0 Å². The molecule has 2 aromatic rings. The molecule has 0 amide bonds. The molecule has 0 radical (unpaired) electrons. The van der Waals surface area contributed by atoms with Crippen molar-refractivity contribution in [2.75, 3.05) is 11.9 Å². The minimum absolute atomic E-state index is 0.265. The Kier molecular flexibility index (Phi) is 1.94. The van der Waals surface area contributed by atoms with Crippen LogP contribution in [0.1, 0.15) is 0 Å². The first kappa shape index (κ1) is 9.05. The Morgan fingerprint density at radius 3 is 3.00 bits per heavy atom. The van der Waals surface area contributed by atoms with E-state index in [9.17, 15) is 0 Å². The van der Waals surface area contributed by atoms with Gasteiger partial charge >= 0.3 is 0 Å². The Labute approximate surface area is 93.3 Å². The van der Waals surface area contributed by atoms with Crippen molar-refractivity contribution in [3.63, 3.8) is 0 Å². The van der Waals surface area contributed by atoms with Gasteiger partial charge in [-0.05, 0) is 11.5 Å². The van der Waals surface area contributed by atoms with Crippen molar-refractivity contribution < 1.29 is 4.74 Å². The lowest BCUT2D eigenvalue weighted by atomic mass is 10.1. The van der Waals surface area contributed by atoms with Gasteiger partial charge in [-0.15, -0.1) is 0 Å². The topological polar surface area (TPSA) is 45.0 Å². The maximum absolute atomic E-state index is 8.90. The molecule has 0 fully saturated rings. The standard InChI is InChI=1S/C13H10N2O/c14-7-10-8-16-12-6-5-9-3-1-2-4-11(9)13(12)15-10/h1-6,10,15H,8H2. The van der Waals surface area contributed by atoms with Gasteiger partial charge in [0.25, 0.3) is 0 Å². The molecular weight excluding hydrogens is 200 g/mol. The molecule has 3 heteroatoms. The summed E-state index contributed by atoms with van der Waals surface area (Å²) in [5.41, 5.74) is 0.927. The SMILES string of the molecule is N#CC1COc2ccc3ccccc3c2N1. The van der Waals surface area contributed by atoms with Crippen molar-refractivity contribution in [3.05, 3.63) is 36.4 Å². The number of anilines is 1. The predicted octanol–water partition coefficient (Wildman–Crippen LogP) is 2.54. The highest BCUT2D eigenvalue weighted by Crippen LogP contribution is 2.35. The Hall–Kier alpha value is -2.21. The van der Waals surface area contributed by atoms with Gasteiger partial charge in [-0.25, -0.2) is 0 Å². The van der Waals surface area contributed by atoms with Crippen molar-refractivity contribution in [1.82, 2.24) is 0 Å². The fourth-order valence-corrected chi connectivity index (χ4v) is 1.98. The van der Waals surface area contributed by atoms with Gasteiger partial charge in [-0.1, -0.05) is 30.3 Å². The number of hydrogen-bond acceptors (Lipinski definition) is 3. The van der Waals surface area contributed by atoms with Crippen molar-refractivity contribution in [1.29, 1.82) is 5.26 Å². The van der Waals surface area contributed by atoms with Crippen LogP contribution in [0, 0.1) is 11.3 Å². The Morgan fingerprint density at radius 2 is 2.12 bits per heavy atom. The highest BCUT2D eigenvalue weighted by atomic mass is 16.5. The van der Waals surface area contributed by atoms with Gasteiger partial charge in [0.2, 0.25) is 0 Å². The van der Waals surface area contributed by atoms with E-state index in [1.54, 1.807) is 0 Å². The molecule has 0 aromatic heterocycles. The third-order valence-electron chi connectivity index (χ3n) is 2.77. The van der Waals surface area contributed by atoms with Gasteiger partial charge in [-0.3, -0.25) is 0 Å². The molecule has 0 aliphatic carbocycles. The third-order valence-corrected chi connectivity index (χ3v) is 2.77. The number of rotatable bonds is 0. The van der Waals surface area contributed by atoms with Crippen LogP contribution in [0.15, 0.2) is 36.4 Å². The number of fused-ring (bicyclic) bond motifs is 3. The monoisotopic (exact) mass is 210 g/mol. The van der Waals surface area contributed by atoms with Crippen LogP contribution in [0.4, 0.5) is 5.69 Å². The molecule has 1 atom stereocenters. The highest BCUT2D eigenvalue weighted by Gasteiger charge is 2.19. The third kappa shape index (κ3) is 1.28. The van der Waals surface area contributed by atoms with Crippen LogP contribution in [0.2, 0.25) is 0 Å². The van der Waals surface area contributed by atoms with E-state index in [2.05, 4.69) is 11.4 Å². The minimum Gasteiger partial charge on any atom is -0.488 e. The fourth-order valence-electron chi connectivity index (χ4n) is 1.98. The number of nitrogens with zero attached hydrogens (tertiary/aromatic N) is 1. The van der Waals surface area contributed by atoms with E-state index in [0.29, 0.717) is 6.61 Å². The second-order valence-corrected chi connectivity index (χ2v) is 3.80. The minimum atomic E-state index is -0.265. The molecule has 0 saturated carbocycles. The molecule has 3 nitrogen and oxygen atoms in total. The summed E-state index contributed by atoms with van der Waals surface area (Å²) in [4.78, 5) is 0. The average molecular weight is 210 g/mol. The van der Waals surface area contributed by atoms with Crippen LogP contribution in [-0.4, -0.2) is 12.6 Å². The smallest absolute Gasteiger partial charge is 0.149 e. The van der Waals surface area contributed by atoms with Crippen LogP contribution >= 0.6 is 0 Å². The molecule has 78 valence electrons. The lowest BCUT2D eigenvalue weighted by Gasteiger charge is -2.24. The van der Waals surface area contributed by atoms with Gasteiger partial charge in [0.1, 0.15) is 18.4 Å². The van der Waals surface area contributed by atoms with Gasteiger partial charge in [0, 0.05) is 5.39 Å². The summed E-state index contributed by atoms with van der Waals surface area (Å²) >= 11 is 0. The molecule has 1 aliphatic heterocycles. The van der Waals surface area contributed by atoms with Crippen LogP contribution < -0.4 is 10.1 Å². The van der Waals surface area contributed by atoms with Crippen LogP contribution in [0.5, 0.6) is 5.75 Å². The molecule has 0 saturated heterocycles. The Balaban J connectivity index is 2.22. The zero-order valence-corrected chi connectivity index (χ0v) is 8.60. The summed E-state index contributed by atoms with van der Waals surface area (Å²) in [6.07, 6.45) is 0. The van der Waals surface area contributed by atoms with E-state index in [1.165, 1.54) is 0 Å². The predicted molar refractivity (Wildman–Crippen MR) is 62.5 cm³/mol. The fraction of sp³-hybridized carbons (Fsp3) is 0.154. The molecule has 16 heavy (non-hydrogen) atoms. The maximum Gasteiger partial charge on any atom is 0.149 e. The van der Waals surface area contributed by atoms with Gasteiger partial charge in [0.05, 0.1) is 11.8 Å². The molecule has 1 N–H and O–H groups in total. The summed E-state index contributed by atoms with van der Waals surface area (Å²) in [7, 11) is 0. The molecule has 1 aliphatic rings. The molecule has 1 unspecified atom stereocenters. The normalized spacial score (nSPS) is 18.1. The van der Waals surface area contributed by atoms with Crippen LogP contribution in [0.25, 0.3) is 10.8 Å². The quantitative estimate of drug-likeness (QED) is 0.726. The summed E-state index contributed by atoms with van der Waals surface area (Å²) in [6.45, 7) is 0.405. The van der Waals surface area contributed by atoms with Gasteiger partial charge in [0.15, 0.2) is 0 Å². The van der Waals surface area contributed by atoms with E-state index in [1.807, 2.05) is 36.4 Å². The van der Waals surface area contributed by atoms with Gasteiger partial charge < -0.3 is 10.1 Å². The van der Waals surface area contributed by atoms with Gasteiger partial charge in [-0.2, -0.15) is 5.26 Å². The van der Waals surface area contributed by atoms with Crippen molar-refractivity contribution in [2.24, 2.45) is 0 Å². The molecule has 2 aromatic carbocycles. The largest absolute Gasteiger partial charge is 0.488 e. The highest BCUT2D eigenvalue weighted by molar-refractivity contribution is 5.97. The molecule has 0 spiro atoms. The maximum atomic E-state index is 8.90. The summed E-state index contributed by atoms with van der Waals surface area (Å²) in [5, 5.41) is 14.3. The second kappa shape index (κ2) is 3.42. The lowest BCUT2D eigenvalue weighted by Crippen LogP contribution is -2.29. The van der Waals surface area contributed by atoms with Crippen LogP contribution in [-0.2, 0) is 0 Å². The van der Waals surface area contributed by atoms with Crippen LogP contribution in [0.3, 0.4) is 0 Å². The zero-order valence-electron chi connectivity index (χ0n) is 8.60. The first-order valence-corrected chi connectivity index (χ1v) is 5.19. The number of ether oxygens (including phenoxy) is 1. The Bertz CT molecular complexity index is 586. The Morgan fingerprint density at radius 1 is 1.25 bits per heavy atom. The first-order chi connectivity index (χ1) is 7.88. The zero-order chi connectivity index (χ0) is 11.0. The molecule has 3 rings (SSSR count). The number of nitriles is 1. The average Bonchev–Trinajstić information content (AvgIpc) is 2.38.